The molecule has 1 fully saturated rings. The summed E-state index contributed by atoms with van der Waals surface area (Å²) in [4.78, 5) is 11.4. The van der Waals surface area contributed by atoms with E-state index in [2.05, 4.69) is 41.2 Å². The maximum atomic E-state index is 11.4. The summed E-state index contributed by atoms with van der Waals surface area (Å²) in [6, 6.07) is 4.11. The van der Waals surface area contributed by atoms with Crippen molar-refractivity contribution in [2.24, 2.45) is 17.1 Å². The zero-order valence-corrected chi connectivity index (χ0v) is 12.2. The molecule has 1 saturated carbocycles. The van der Waals surface area contributed by atoms with Gasteiger partial charge in [0.25, 0.3) is 0 Å². The molecule has 1 heterocycles. The highest BCUT2D eigenvalue weighted by Crippen LogP contribution is 2.57. The number of hydrogen-bond donors (Lipinski definition) is 2. The Morgan fingerprint density at radius 1 is 1.50 bits per heavy atom. The van der Waals surface area contributed by atoms with Crippen LogP contribution in [-0.2, 0) is 11.2 Å². The van der Waals surface area contributed by atoms with Crippen LogP contribution in [0.15, 0.2) is 16.6 Å². The predicted molar refractivity (Wildman–Crippen MR) is 75.3 cm³/mol. The van der Waals surface area contributed by atoms with Gasteiger partial charge in [0.15, 0.2) is 0 Å². The fourth-order valence-corrected chi connectivity index (χ4v) is 3.47. The molecule has 2 aliphatic rings. The van der Waals surface area contributed by atoms with Crippen LogP contribution >= 0.6 is 15.9 Å². The highest BCUT2D eigenvalue weighted by atomic mass is 79.9. The monoisotopic (exact) mass is 308 g/mol. The molecule has 0 bridgehead atoms. The number of carbonyl (C=O) groups is 1. The van der Waals surface area contributed by atoms with Gasteiger partial charge in [-0.3, -0.25) is 4.79 Å². The minimum absolute atomic E-state index is 0.0513. The van der Waals surface area contributed by atoms with E-state index in [9.17, 15) is 4.79 Å². The average molecular weight is 309 g/mol. The molecule has 2 unspecified atom stereocenters. The second kappa shape index (κ2) is 3.81. The SMILES string of the molecule is CC1(C)CC1C(N)c1cc2c(cc1Br)NC(=O)C2. The summed E-state index contributed by atoms with van der Waals surface area (Å²) in [5, 5.41) is 2.86. The molecule has 0 aromatic heterocycles. The van der Waals surface area contributed by atoms with Gasteiger partial charge in [0.2, 0.25) is 5.91 Å². The third-order valence-electron chi connectivity index (χ3n) is 4.23. The molecule has 0 saturated heterocycles. The topological polar surface area (TPSA) is 55.1 Å². The molecule has 3 rings (SSSR count). The number of nitrogens with one attached hydrogen (secondary N) is 1. The summed E-state index contributed by atoms with van der Waals surface area (Å²) < 4.78 is 0.999. The number of hydrogen-bond acceptors (Lipinski definition) is 2. The van der Waals surface area contributed by atoms with E-state index >= 15 is 0 Å². The van der Waals surface area contributed by atoms with Gasteiger partial charge in [0.05, 0.1) is 6.42 Å². The average Bonchev–Trinajstić information content (AvgIpc) is 2.75. The van der Waals surface area contributed by atoms with Crippen molar-refractivity contribution in [3.63, 3.8) is 0 Å². The normalized spacial score (nSPS) is 25.6. The summed E-state index contributed by atoms with van der Waals surface area (Å²) >= 11 is 3.57. The summed E-state index contributed by atoms with van der Waals surface area (Å²) in [6.07, 6.45) is 1.64. The molecule has 0 radical (unpaired) electrons. The van der Waals surface area contributed by atoms with Crippen LogP contribution in [0.3, 0.4) is 0 Å². The lowest BCUT2D eigenvalue weighted by Crippen LogP contribution is -2.16. The molecule has 1 aromatic carbocycles. The Kier molecular flexibility index (Phi) is 2.58. The third kappa shape index (κ3) is 1.88. The lowest BCUT2D eigenvalue weighted by Gasteiger charge is -2.17. The molecule has 18 heavy (non-hydrogen) atoms. The lowest BCUT2D eigenvalue weighted by molar-refractivity contribution is -0.115. The number of nitrogens with two attached hydrogens (primary N) is 1. The van der Waals surface area contributed by atoms with E-state index < -0.39 is 0 Å². The standard InChI is InChI=1S/C14H17BrN2O/c1-14(2)6-9(14)13(16)8-3-7-4-12(18)17-11(7)5-10(8)15/h3,5,9,13H,4,6,16H2,1-2H3,(H,17,18). The lowest BCUT2D eigenvalue weighted by atomic mass is 9.96. The maximum Gasteiger partial charge on any atom is 0.228 e. The first-order valence-corrected chi connectivity index (χ1v) is 7.05. The molecular formula is C14H17BrN2O. The van der Waals surface area contributed by atoms with Crippen molar-refractivity contribution in [2.45, 2.75) is 32.7 Å². The highest BCUT2D eigenvalue weighted by molar-refractivity contribution is 9.10. The molecule has 2 atom stereocenters. The van der Waals surface area contributed by atoms with Crippen LogP contribution in [0.5, 0.6) is 0 Å². The Labute approximate surface area is 115 Å². The van der Waals surface area contributed by atoms with E-state index in [0.717, 1.165) is 21.3 Å². The Balaban J connectivity index is 1.94. The minimum atomic E-state index is 0.0513. The molecule has 0 spiro atoms. The number of fused-ring (bicyclic) bond motifs is 1. The molecule has 1 aliphatic heterocycles. The van der Waals surface area contributed by atoms with Crippen molar-refractivity contribution in [3.8, 4) is 0 Å². The summed E-state index contributed by atoms with van der Waals surface area (Å²) in [6.45, 7) is 4.51. The van der Waals surface area contributed by atoms with E-state index in [-0.39, 0.29) is 11.9 Å². The Bertz CT molecular complexity index is 539. The van der Waals surface area contributed by atoms with E-state index in [1.54, 1.807) is 0 Å². The van der Waals surface area contributed by atoms with Gasteiger partial charge in [-0.1, -0.05) is 35.8 Å². The Hall–Kier alpha value is -0.870. The van der Waals surface area contributed by atoms with Crippen LogP contribution in [0.1, 0.15) is 37.4 Å². The van der Waals surface area contributed by atoms with Crippen LogP contribution in [-0.4, -0.2) is 5.91 Å². The van der Waals surface area contributed by atoms with Crippen LogP contribution in [0, 0.1) is 11.3 Å². The van der Waals surface area contributed by atoms with Gasteiger partial charge in [-0.15, -0.1) is 0 Å². The van der Waals surface area contributed by atoms with Crippen LogP contribution in [0.2, 0.25) is 0 Å². The van der Waals surface area contributed by atoms with Crippen molar-refractivity contribution in [2.75, 3.05) is 5.32 Å². The van der Waals surface area contributed by atoms with Gasteiger partial charge >= 0.3 is 0 Å². The maximum absolute atomic E-state index is 11.4. The van der Waals surface area contributed by atoms with E-state index in [1.807, 2.05) is 6.07 Å². The molecule has 4 heteroatoms. The van der Waals surface area contributed by atoms with Crippen molar-refractivity contribution in [3.05, 3.63) is 27.7 Å². The number of amides is 1. The van der Waals surface area contributed by atoms with E-state index in [4.69, 9.17) is 5.73 Å². The van der Waals surface area contributed by atoms with Crippen molar-refractivity contribution >= 4 is 27.5 Å². The van der Waals surface area contributed by atoms with Gasteiger partial charge in [0, 0.05) is 16.2 Å². The number of anilines is 1. The van der Waals surface area contributed by atoms with E-state index in [1.165, 1.54) is 6.42 Å². The first-order valence-electron chi connectivity index (χ1n) is 6.26. The van der Waals surface area contributed by atoms with Gasteiger partial charge in [-0.05, 0) is 34.9 Å². The van der Waals surface area contributed by atoms with Gasteiger partial charge in [-0.25, -0.2) is 0 Å². The summed E-state index contributed by atoms with van der Waals surface area (Å²) in [5.74, 6) is 0.603. The predicted octanol–water partition coefficient (Wildman–Crippen LogP) is 2.99. The van der Waals surface area contributed by atoms with Crippen LogP contribution < -0.4 is 11.1 Å². The Morgan fingerprint density at radius 3 is 2.78 bits per heavy atom. The second-order valence-corrected chi connectivity index (χ2v) is 6.94. The van der Waals surface area contributed by atoms with Crippen molar-refractivity contribution in [1.29, 1.82) is 0 Å². The molecule has 1 aliphatic carbocycles. The Morgan fingerprint density at radius 2 is 2.17 bits per heavy atom. The molecular weight excluding hydrogens is 292 g/mol. The van der Waals surface area contributed by atoms with Crippen LogP contribution in [0.4, 0.5) is 5.69 Å². The third-order valence-corrected chi connectivity index (χ3v) is 4.92. The summed E-state index contributed by atoms with van der Waals surface area (Å²) in [5.41, 5.74) is 9.83. The van der Waals surface area contributed by atoms with Gasteiger partial charge in [-0.2, -0.15) is 0 Å². The number of carbonyl (C=O) groups excluding carboxylic acids is 1. The van der Waals surface area contributed by atoms with Gasteiger partial charge in [0.1, 0.15) is 0 Å². The number of benzene rings is 1. The largest absolute Gasteiger partial charge is 0.325 e. The van der Waals surface area contributed by atoms with Crippen molar-refractivity contribution < 1.29 is 4.79 Å². The number of rotatable bonds is 2. The van der Waals surface area contributed by atoms with Crippen molar-refractivity contribution in [1.82, 2.24) is 0 Å². The second-order valence-electron chi connectivity index (χ2n) is 6.08. The smallest absolute Gasteiger partial charge is 0.228 e. The molecule has 3 nitrogen and oxygen atoms in total. The zero-order valence-electron chi connectivity index (χ0n) is 10.6. The van der Waals surface area contributed by atoms with E-state index in [0.29, 0.717) is 17.8 Å². The molecule has 1 amide bonds. The summed E-state index contributed by atoms with van der Waals surface area (Å²) in [7, 11) is 0. The molecule has 1 aromatic rings. The first-order chi connectivity index (χ1) is 8.38. The zero-order chi connectivity index (χ0) is 13.1. The molecule has 3 N–H and O–H groups in total. The fraction of sp³-hybridized carbons (Fsp3) is 0.500. The quantitative estimate of drug-likeness (QED) is 0.882. The fourth-order valence-electron chi connectivity index (χ4n) is 2.86. The van der Waals surface area contributed by atoms with Crippen LogP contribution in [0.25, 0.3) is 0 Å². The van der Waals surface area contributed by atoms with Gasteiger partial charge < -0.3 is 11.1 Å². The first kappa shape index (κ1) is 12.2. The molecule has 96 valence electrons. The minimum Gasteiger partial charge on any atom is -0.325 e. The number of halogens is 1. The highest BCUT2D eigenvalue weighted by Gasteiger charge is 2.49.